The summed E-state index contributed by atoms with van der Waals surface area (Å²) in [6, 6.07) is 0. The van der Waals surface area contributed by atoms with Crippen LogP contribution in [0.25, 0.3) is 0 Å². The average Bonchev–Trinajstić information content (AvgIpc) is 2.63. The third-order valence-corrected chi connectivity index (χ3v) is 5.76. The number of morpholine rings is 1. The lowest BCUT2D eigenvalue weighted by molar-refractivity contribution is -0.0748. The van der Waals surface area contributed by atoms with Crippen molar-refractivity contribution in [2.45, 2.75) is 122 Å². The highest BCUT2D eigenvalue weighted by molar-refractivity contribution is 4.84. The lowest BCUT2D eigenvalue weighted by Gasteiger charge is -2.37. The molecule has 1 rings (SSSR count). The van der Waals surface area contributed by atoms with E-state index in [1.165, 1.54) is 96.3 Å². The lowest BCUT2D eigenvalue weighted by atomic mass is 9.91. The Morgan fingerprint density at radius 1 is 0.720 bits per heavy atom. The Balaban J connectivity index is 0.00000576. The van der Waals surface area contributed by atoms with Gasteiger partial charge in [0.15, 0.2) is 0 Å². The van der Waals surface area contributed by atoms with Crippen molar-refractivity contribution in [3.05, 3.63) is 0 Å². The molecule has 1 atom stereocenters. The number of ether oxygens (including phenoxy) is 1. The molecule has 3 heteroatoms. The van der Waals surface area contributed by atoms with Gasteiger partial charge in [-0.1, -0.05) is 104 Å². The third kappa shape index (κ3) is 12.8. The molecule has 3 nitrogen and oxygen atoms in total. The molecule has 1 saturated heterocycles. The predicted octanol–water partition coefficient (Wildman–Crippen LogP) is 6.79. The van der Waals surface area contributed by atoms with Crippen LogP contribution >= 0.6 is 0 Å². The SMILES string of the molecule is CCCCCCCCCCCCCCCCC1(CC)CNCCO1.N. The van der Waals surface area contributed by atoms with Gasteiger partial charge in [0.05, 0.1) is 12.2 Å². The van der Waals surface area contributed by atoms with Gasteiger partial charge in [0.1, 0.15) is 0 Å². The maximum absolute atomic E-state index is 6.07. The predicted molar refractivity (Wildman–Crippen MR) is 112 cm³/mol. The van der Waals surface area contributed by atoms with Crippen LogP contribution in [-0.4, -0.2) is 25.3 Å². The molecule has 0 saturated carbocycles. The van der Waals surface area contributed by atoms with E-state index in [9.17, 15) is 0 Å². The molecule has 0 bridgehead atoms. The minimum atomic E-state index is 0. The Morgan fingerprint density at radius 2 is 1.20 bits per heavy atom. The highest BCUT2D eigenvalue weighted by atomic mass is 16.5. The van der Waals surface area contributed by atoms with Crippen molar-refractivity contribution >= 4 is 0 Å². The molecular formula is C22H48N2O. The Hall–Kier alpha value is -0.120. The van der Waals surface area contributed by atoms with Gasteiger partial charge in [-0.2, -0.15) is 0 Å². The van der Waals surface area contributed by atoms with Crippen LogP contribution in [0.2, 0.25) is 0 Å². The van der Waals surface area contributed by atoms with E-state index in [0.29, 0.717) is 0 Å². The van der Waals surface area contributed by atoms with Gasteiger partial charge in [0.2, 0.25) is 0 Å². The van der Waals surface area contributed by atoms with Gasteiger partial charge in [-0.05, 0) is 12.8 Å². The Labute approximate surface area is 158 Å². The Morgan fingerprint density at radius 3 is 1.60 bits per heavy atom. The minimum absolute atomic E-state index is 0. The van der Waals surface area contributed by atoms with Gasteiger partial charge in [-0.25, -0.2) is 0 Å². The topological polar surface area (TPSA) is 56.3 Å². The van der Waals surface area contributed by atoms with Gasteiger partial charge in [-0.15, -0.1) is 0 Å². The van der Waals surface area contributed by atoms with Crippen LogP contribution in [0, 0.1) is 0 Å². The molecule has 152 valence electrons. The Bertz CT molecular complexity index is 265. The van der Waals surface area contributed by atoms with Crippen LogP contribution < -0.4 is 11.5 Å². The van der Waals surface area contributed by atoms with Crippen molar-refractivity contribution in [3.63, 3.8) is 0 Å². The van der Waals surface area contributed by atoms with Crippen molar-refractivity contribution < 1.29 is 4.74 Å². The number of nitrogens with one attached hydrogen (secondary N) is 1. The Kier molecular flexibility index (Phi) is 17.2. The summed E-state index contributed by atoms with van der Waals surface area (Å²) in [6.45, 7) is 7.55. The zero-order valence-corrected chi connectivity index (χ0v) is 17.6. The fourth-order valence-corrected chi connectivity index (χ4v) is 3.91. The van der Waals surface area contributed by atoms with Crippen molar-refractivity contribution in [2.24, 2.45) is 0 Å². The monoisotopic (exact) mass is 356 g/mol. The summed E-state index contributed by atoms with van der Waals surface area (Å²) >= 11 is 0. The van der Waals surface area contributed by atoms with Crippen LogP contribution in [0.4, 0.5) is 0 Å². The standard InChI is InChI=1S/C22H45NO.H3N/c1-3-5-6-7-8-9-10-11-12-13-14-15-16-17-18-22(4-2)21-23-19-20-24-22;/h23H,3-21H2,1-2H3;1H3. The van der Waals surface area contributed by atoms with Gasteiger partial charge < -0.3 is 16.2 Å². The first kappa shape index (κ1) is 24.9. The molecule has 1 heterocycles. The summed E-state index contributed by atoms with van der Waals surface area (Å²) in [7, 11) is 0. The maximum atomic E-state index is 6.07. The normalized spacial score (nSPS) is 20.4. The second kappa shape index (κ2) is 17.3. The number of hydrogen-bond acceptors (Lipinski definition) is 3. The van der Waals surface area contributed by atoms with Gasteiger partial charge in [0, 0.05) is 13.1 Å². The van der Waals surface area contributed by atoms with Crippen LogP contribution in [0.1, 0.15) is 117 Å². The van der Waals surface area contributed by atoms with Crippen LogP contribution in [-0.2, 0) is 4.74 Å². The first-order valence-electron chi connectivity index (χ1n) is 11.2. The zero-order chi connectivity index (χ0) is 17.3. The lowest BCUT2D eigenvalue weighted by Crippen LogP contribution is -2.49. The van der Waals surface area contributed by atoms with Crippen molar-refractivity contribution in [3.8, 4) is 0 Å². The molecule has 0 aromatic heterocycles. The number of rotatable bonds is 16. The van der Waals surface area contributed by atoms with Crippen molar-refractivity contribution in [2.75, 3.05) is 19.7 Å². The molecule has 0 amide bonds. The van der Waals surface area contributed by atoms with E-state index in [0.717, 1.165) is 26.1 Å². The van der Waals surface area contributed by atoms with E-state index in [-0.39, 0.29) is 11.8 Å². The minimum Gasteiger partial charge on any atom is -0.372 e. The molecule has 1 fully saturated rings. The molecule has 1 aliphatic heterocycles. The maximum Gasteiger partial charge on any atom is 0.0804 e. The van der Waals surface area contributed by atoms with Crippen molar-refractivity contribution in [1.29, 1.82) is 0 Å². The summed E-state index contributed by atoms with van der Waals surface area (Å²) in [5, 5.41) is 3.50. The molecule has 1 unspecified atom stereocenters. The third-order valence-electron chi connectivity index (χ3n) is 5.76. The summed E-state index contributed by atoms with van der Waals surface area (Å²) in [4.78, 5) is 0. The van der Waals surface area contributed by atoms with Gasteiger partial charge in [0.25, 0.3) is 0 Å². The number of unbranched alkanes of at least 4 members (excludes halogenated alkanes) is 13. The van der Waals surface area contributed by atoms with E-state index in [4.69, 9.17) is 4.74 Å². The number of hydrogen-bond donors (Lipinski definition) is 2. The molecule has 0 spiro atoms. The molecule has 0 radical (unpaired) electrons. The quantitative estimate of drug-likeness (QED) is 0.299. The fourth-order valence-electron chi connectivity index (χ4n) is 3.91. The first-order chi connectivity index (χ1) is 11.8. The fraction of sp³-hybridized carbons (Fsp3) is 1.00. The van der Waals surface area contributed by atoms with E-state index >= 15 is 0 Å². The van der Waals surface area contributed by atoms with E-state index < -0.39 is 0 Å². The molecule has 4 N–H and O–H groups in total. The largest absolute Gasteiger partial charge is 0.372 e. The van der Waals surface area contributed by atoms with E-state index in [1.54, 1.807) is 0 Å². The van der Waals surface area contributed by atoms with E-state index in [1.807, 2.05) is 0 Å². The summed E-state index contributed by atoms with van der Waals surface area (Å²) < 4.78 is 6.07. The van der Waals surface area contributed by atoms with Crippen molar-refractivity contribution in [1.82, 2.24) is 11.5 Å². The van der Waals surface area contributed by atoms with Gasteiger partial charge >= 0.3 is 0 Å². The molecule has 0 aromatic rings. The highest BCUT2D eigenvalue weighted by Gasteiger charge is 2.30. The molecule has 1 aliphatic rings. The molecule has 0 aliphatic carbocycles. The van der Waals surface area contributed by atoms with Crippen LogP contribution in [0.3, 0.4) is 0 Å². The summed E-state index contributed by atoms with van der Waals surface area (Å²) in [5.74, 6) is 0. The zero-order valence-electron chi connectivity index (χ0n) is 17.6. The highest BCUT2D eigenvalue weighted by Crippen LogP contribution is 2.25. The molecular weight excluding hydrogens is 308 g/mol. The molecule has 25 heavy (non-hydrogen) atoms. The van der Waals surface area contributed by atoms with Crippen LogP contribution in [0.5, 0.6) is 0 Å². The smallest absolute Gasteiger partial charge is 0.0804 e. The second-order valence-electron chi connectivity index (χ2n) is 7.91. The van der Waals surface area contributed by atoms with Gasteiger partial charge in [-0.3, -0.25) is 0 Å². The first-order valence-corrected chi connectivity index (χ1v) is 11.2. The summed E-state index contributed by atoms with van der Waals surface area (Å²) in [5.41, 5.74) is 0.148. The molecule has 0 aromatic carbocycles. The summed E-state index contributed by atoms with van der Waals surface area (Å²) in [6.07, 6.45) is 22.5. The van der Waals surface area contributed by atoms with Crippen LogP contribution in [0.15, 0.2) is 0 Å². The van der Waals surface area contributed by atoms with E-state index in [2.05, 4.69) is 19.2 Å². The average molecular weight is 357 g/mol. The second-order valence-corrected chi connectivity index (χ2v) is 7.91.